The van der Waals surface area contributed by atoms with E-state index in [4.69, 9.17) is 15.0 Å². The van der Waals surface area contributed by atoms with Crippen molar-refractivity contribution in [1.82, 2.24) is 19.5 Å². The lowest BCUT2D eigenvalue weighted by Gasteiger charge is -2.12. The van der Waals surface area contributed by atoms with Crippen LogP contribution in [0.2, 0.25) is 0 Å². The van der Waals surface area contributed by atoms with Crippen molar-refractivity contribution in [1.29, 1.82) is 0 Å². The second kappa shape index (κ2) is 11.6. The third-order valence-corrected chi connectivity index (χ3v) is 10.6. The van der Waals surface area contributed by atoms with Gasteiger partial charge in [0, 0.05) is 48.6 Å². The molecule has 0 fully saturated rings. The zero-order chi connectivity index (χ0) is 33.0. The van der Waals surface area contributed by atoms with E-state index in [9.17, 15) is 0 Å². The predicted molar refractivity (Wildman–Crippen MR) is 209 cm³/mol. The monoisotopic (exact) mass is 656 g/mol. The Kier molecular flexibility index (Phi) is 6.64. The van der Waals surface area contributed by atoms with E-state index < -0.39 is 0 Å². The van der Waals surface area contributed by atoms with E-state index in [0.29, 0.717) is 17.5 Å². The molecule has 0 aliphatic rings. The average molecular weight is 657 g/mol. The Labute approximate surface area is 292 Å². The van der Waals surface area contributed by atoms with Gasteiger partial charge in [0.1, 0.15) is 0 Å². The van der Waals surface area contributed by atoms with Gasteiger partial charge >= 0.3 is 0 Å². The molecule has 50 heavy (non-hydrogen) atoms. The Balaban J connectivity index is 1.19. The summed E-state index contributed by atoms with van der Waals surface area (Å²) in [5.41, 5.74) is 8.54. The van der Waals surface area contributed by atoms with Crippen molar-refractivity contribution in [3.05, 3.63) is 170 Å². The van der Waals surface area contributed by atoms with Gasteiger partial charge in [-0.2, -0.15) is 0 Å². The first kappa shape index (κ1) is 28.6. The third kappa shape index (κ3) is 4.71. The molecule has 7 aromatic carbocycles. The predicted octanol–water partition coefficient (Wildman–Crippen LogP) is 12.0. The standard InChI is InChI=1S/C45H28N4S/c1-3-13-29(14-4-1)31-17-11-18-32(27-31)44-46-43(30-15-5-2-6-16-30)47-45(48-44)33-19-12-20-34(28-33)49-39-23-9-7-21-35(39)37-25-26-38-36-22-8-10-24-40(36)50-42(38)41(37)49/h1-28H. The van der Waals surface area contributed by atoms with Crippen molar-refractivity contribution in [2.75, 3.05) is 0 Å². The van der Waals surface area contributed by atoms with Gasteiger partial charge in [-0.25, -0.2) is 15.0 Å². The van der Waals surface area contributed by atoms with E-state index in [1.165, 1.54) is 42.0 Å². The summed E-state index contributed by atoms with van der Waals surface area (Å²) in [7, 11) is 0. The van der Waals surface area contributed by atoms with Gasteiger partial charge in [0.2, 0.25) is 0 Å². The zero-order valence-electron chi connectivity index (χ0n) is 26.9. The molecule has 0 saturated heterocycles. The molecule has 0 atom stereocenters. The van der Waals surface area contributed by atoms with Crippen molar-refractivity contribution in [2.24, 2.45) is 0 Å². The van der Waals surface area contributed by atoms with Crippen LogP contribution in [-0.2, 0) is 0 Å². The molecule has 0 N–H and O–H groups in total. The largest absolute Gasteiger partial charge is 0.308 e. The number of thiophene rings is 1. The van der Waals surface area contributed by atoms with E-state index in [2.05, 4.69) is 138 Å². The number of hydrogen-bond acceptors (Lipinski definition) is 4. The van der Waals surface area contributed by atoms with E-state index in [1.807, 2.05) is 47.7 Å². The number of para-hydroxylation sites is 1. The van der Waals surface area contributed by atoms with Gasteiger partial charge in [-0.15, -0.1) is 11.3 Å². The fraction of sp³-hybridized carbons (Fsp3) is 0. The summed E-state index contributed by atoms with van der Waals surface area (Å²) in [5, 5.41) is 5.06. The van der Waals surface area contributed by atoms with Gasteiger partial charge in [-0.1, -0.05) is 140 Å². The number of aromatic nitrogens is 4. The Morgan fingerprint density at radius 1 is 0.380 bits per heavy atom. The highest BCUT2D eigenvalue weighted by molar-refractivity contribution is 7.26. The average Bonchev–Trinajstić information content (AvgIpc) is 3.75. The molecule has 0 saturated carbocycles. The Morgan fingerprint density at radius 2 is 0.940 bits per heavy atom. The summed E-state index contributed by atoms with van der Waals surface area (Å²) >= 11 is 1.86. The maximum absolute atomic E-state index is 5.13. The van der Waals surface area contributed by atoms with E-state index >= 15 is 0 Å². The van der Waals surface area contributed by atoms with Crippen LogP contribution in [0.4, 0.5) is 0 Å². The van der Waals surface area contributed by atoms with Crippen LogP contribution in [0.1, 0.15) is 0 Å². The second-order valence-corrected chi connectivity index (χ2v) is 13.5. The molecular formula is C45H28N4S. The maximum Gasteiger partial charge on any atom is 0.164 e. The van der Waals surface area contributed by atoms with E-state index in [0.717, 1.165) is 33.5 Å². The molecule has 3 heterocycles. The van der Waals surface area contributed by atoms with Gasteiger partial charge in [0.15, 0.2) is 17.5 Å². The van der Waals surface area contributed by atoms with Gasteiger partial charge in [-0.05, 0) is 41.5 Å². The van der Waals surface area contributed by atoms with Crippen LogP contribution in [0.5, 0.6) is 0 Å². The van der Waals surface area contributed by atoms with Crippen LogP contribution in [0, 0.1) is 0 Å². The SMILES string of the molecule is c1ccc(-c2cccc(-c3nc(-c4ccccc4)nc(-c4cccc(-n5c6ccccc6c6ccc7c8ccccc8sc7c65)c4)n3)c2)cc1. The van der Waals surface area contributed by atoms with Crippen molar-refractivity contribution in [2.45, 2.75) is 0 Å². The number of benzene rings is 7. The molecular weight excluding hydrogens is 629 g/mol. The van der Waals surface area contributed by atoms with Gasteiger partial charge in [-0.3, -0.25) is 0 Å². The second-order valence-electron chi connectivity index (χ2n) is 12.5. The lowest BCUT2D eigenvalue weighted by molar-refractivity contribution is 1.07. The normalized spacial score (nSPS) is 11.6. The first-order valence-electron chi connectivity index (χ1n) is 16.7. The Morgan fingerprint density at radius 3 is 1.72 bits per heavy atom. The smallest absolute Gasteiger partial charge is 0.164 e. The molecule has 10 rings (SSSR count). The van der Waals surface area contributed by atoms with Crippen LogP contribution in [0.15, 0.2) is 170 Å². The fourth-order valence-electron chi connectivity index (χ4n) is 7.10. The van der Waals surface area contributed by atoms with Crippen LogP contribution in [0.3, 0.4) is 0 Å². The highest BCUT2D eigenvalue weighted by atomic mass is 32.1. The minimum absolute atomic E-state index is 0.633. The summed E-state index contributed by atoms with van der Waals surface area (Å²) in [6.45, 7) is 0. The van der Waals surface area contributed by atoms with Gasteiger partial charge in [0.05, 0.1) is 15.7 Å². The highest BCUT2D eigenvalue weighted by Crippen LogP contribution is 2.43. The molecule has 0 bridgehead atoms. The van der Waals surface area contributed by atoms with Crippen molar-refractivity contribution < 1.29 is 0 Å². The zero-order valence-corrected chi connectivity index (χ0v) is 27.7. The Hall–Kier alpha value is -6.43. The minimum atomic E-state index is 0.633. The lowest BCUT2D eigenvalue weighted by Crippen LogP contribution is -2.01. The molecule has 0 amide bonds. The molecule has 4 nitrogen and oxygen atoms in total. The summed E-state index contributed by atoms with van der Waals surface area (Å²) in [4.78, 5) is 15.2. The molecule has 0 unspecified atom stereocenters. The van der Waals surface area contributed by atoms with Crippen molar-refractivity contribution in [3.63, 3.8) is 0 Å². The van der Waals surface area contributed by atoms with Crippen LogP contribution >= 0.6 is 11.3 Å². The van der Waals surface area contributed by atoms with Gasteiger partial charge < -0.3 is 4.57 Å². The van der Waals surface area contributed by atoms with E-state index in [-0.39, 0.29) is 0 Å². The highest BCUT2D eigenvalue weighted by Gasteiger charge is 2.19. The molecule has 0 radical (unpaired) electrons. The van der Waals surface area contributed by atoms with Crippen LogP contribution in [0.25, 0.3) is 93.0 Å². The van der Waals surface area contributed by atoms with E-state index in [1.54, 1.807) is 0 Å². The molecule has 0 spiro atoms. The lowest BCUT2D eigenvalue weighted by atomic mass is 10.0. The quantitative estimate of drug-likeness (QED) is 0.185. The summed E-state index contributed by atoms with van der Waals surface area (Å²) in [6.07, 6.45) is 0. The number of hydrogen-bond donors (Lipinski definition) is 0. The summed E-state index contributed by atoms with van der Waals surface area (Å²) in [5.74, 6) is 1.92. The van der Waals surface area contributed by atoms with Crippen molar-refractivity contribution in [3.8, 4) is 51.0 Å². The molecule has 10 aromatic rings. The molecule has 0 aliphatic heterocycles. The number of rotatable bonds is 5. The Bertz CT molecular complexity index is 2870. The first-order chi connectivity index (χ1) is 24.8. The van der Waals surface area contributed by atoms with Crippen LogP contribution < -0.4 is 0 Å². The molecule has 234 valence electrons. The summed E-state index contributed by atoms with van der Waals surface area (Å²) < 4.78 is 5.00. The van der Waals surface area contributed by atoms with Crippen molar-refractivity contribution >= 4 is 53.3 Å². The fourth-order valence-corrected chi connectivity index (χ4v) is 8.34. The topological polar surface area (TPSA) is 43.6 Å². The third-order valence-electron chi connectivity index (χ3n) is 9.44. The van der Waals surface area contributed by atoms with Crippen LogP contribution in [-0.4, -0.2) is 19.5 Å². The first-order valence-corrected chi connectivity index (χ1v) is 17.5. The molecule has 3 aromatic heterocycles. The van der Waals surface area contributed by atoms with Gasteiger partial charge in [0.25, 0.3) is 0 Å². The summed E-state index contributed by atoms with van der Waals surface area (Å²) in [6, 6.07) is 59.6. The minimum Gasteiger partial charge on any atom is -0.308 e. The molecule has 0 aliphatic carbocycles. The molecule has 5 heteroatoms. The number of nitrogens with zero attached hydrogens (tertiary/aromatic N) is 4. The maximum atomic E-state index is 5.13. The number of fused-ring (bicyclic) bond motifs is 7.